The Labute approximate surface area is 144 Å². The predicted octanol–water partition coefficient (Wildman–Crippen LogP) is 5.83. The van der Waals surface area contributed by atoms with Gasteiger partial charge in [0.1, 0.15) is 10.5 Å². The lowest BCUT2D eigenvalue weighted by molar-refractivity contribution is 0.912. The van der Waals surface area contributed by atoms with E-state index in [0.29, 0.717) is 10.6 Å². The third-order valence-electron chi connectivity index (χ3n) is 3.11. The highest BCUT2D eigenvalue weighted by atomic mass is 79.9. The van der Waals surface area contributed by atoms with E-state index in [0.717, 1.165) is 20.5 Å². The molecule has 0 bridgehead atoms. The van der Waals surface area contributed by atoms with Gasteiger partial charge in [0.15, 0.2) is 0 Å². The first-order chi connectivity index (χ1) is 9.63. The van der Waals surface area contributed by atoms with Gasteiger partial charge in [-0.3, -0.25) is 0 Å². The number of aromatic nitrogens is 2. The van der Waals surface area contributed by atoms with Crippen molar-refractivity contribution >= 4 is 55.8 Å². The maximum absolute atomic E-state index is 5.33. The Morgan fingerprint density at radius 2 is 1.95 bits per heavy atom. The molecule has 1 aromatic carbocycles. The first-order valence-corrected chi connectivity index (χ1v) is 9.28. The van der Waals surface area contributed by atoms with Crippen LogP contribution < -0.4 is 0 Å². The molecule has 1 fully saturated rings. The molecule has 2 nitrogen and oxygen atoms in total. The zero-order valence-electron chi connectivity index (χ0n) is 10.5. The molecule has 1 N–H and O–H groups in total. The number of aromatic amines is 1. The fraction of sp³-hybridized carbons (Fsp3) is 0.286. The molecular weight excluding hydrogens is 420 g/mol. The summed E-state index contributed by atoms with van der Waals surface area (Å²) < 4.78 is 2.73. The van der Waals surface area contributed by atoms with Gasteiger partial charge < -0.3 is 4.98 Å². The van der Waals surface area contributed by atoms with Crippen molar-refractivity contribution in [1.29, 1.82) is 0 Å². The molecule has 1 aliphatic rings. The molecule has 1 aromatic heterocycles. The highest BCUT2D eigenvalue weighted by molar-refractivity contribution is 9.10. The molecule has 20 heavy (non-hydrogen) atoms. The smallest absolute Gasteiger partial charge is 0.144 e. The van der Waals surface area contributed by atoms with E-state index in [1.165, 1.54) is 23.4 Å². The monoisotopic (exact) mass is 430 g/mol. The van der Waals surface area contributed by atoms with Crippen molar-refractivity contribution < 1.29 is 0 Å². The number of thioether (sulfide) groups is 1. The van der Waals surface area contributed by atoms with E-state index in [1.54, 1.807) is 11.8 Å². The zero-order chi connectivity index (χ0) is 14.1. The average Bonchev–Trinajstić information content (AvgIpc) is 3.26. The molecule has 0 aliphatic heterocycles. The van der Waals surface area contributed by atoms with Crippen molar-refractivity contribution in [3.63, 3.8) is 0 Å². The van der Waals surface area contributed by atoms with Crippen molar-refractivity contribution in [2.45, 2.75) is 29.4 Å². The van der Waals surface area contributed by atoms with E-state index in [9.17, 15) is 0 Å². The molecule has 0 saturated heterocycles. The van der Waals surface area contributed by atoms with Crippen molar-refractivity contribution in [2.75, 3.05) is 0 Å². The summed E-state index contributed by atoms with van der Waals surface area (Å²) in [6, 6.07) is 8.30. The summed E-state index contributed by atoms with van der Waals surface area (Å²) in [7, 11) is 0. The van der Waals surface area contributed by atoms with Gasteiger partial charge in [-0.15, -0.1) is 11.8 Å². The van der Waals surface area contributed by atoms with Gasteiger partial charge >= 0.3 is 0 Å². The molecule has 1 aliphatic carbocycles. The fourth-order valence-electron chi connectivity index (χ4n) is 1.93. The van der Waals surface area contributed by atoms with E-state index >= 15 is 0 Å². The highest BCUT2D eigenvalue weighted by Crippen LogP contribution is 2.42. The second kappa shape index (κ2) is 6.30. The average molecular weight is 432 g/mol. The van der Waals surface area contributed by atoms with Crippen LogP contribution in [-0.4, -0.2) is 9.97 Å². The maximum atomic E-state index is 5.33. The largest absolute Gasteiger partial charge is 0.345 e. The number of nitrogens with one attached hydrogen (secondary N) is 1. The summed E-state index contributed by atoms with van der Waals surface area (Å²) in [4.78, 5) is 9.13. The standard InChI is InChI=1S/C14H12Br2N2S2/c15-9-3-5-10(6-4-9)20-7-11-17-13(8-1-2-8)12(16)14(19)18-11/h3-6,8H,1-2,7H2,(H,17,18,19). The van der Waals surface area contributed by atoms with Gasteiger partial charge in [-0.1, -0.05) is 28.1 Å². The van der Waals surface area contributed by atoms with E-state index in [4.69, 9.17) is 12.2 Å². The summed E-state index contributed by atoms with van der Waals surface area (Å²) >= 11 is 14.1. The molecule has 0 unspecified atom stereocenters. The first kappa shape index (κ1) is 14.8. The van der Waals surface area contributed by atoms with Gasteiger partial charge in [0.05, 0.1) is 10.2 Å². The van der Waals surface area contributed by atoms with Crippen molar-refractivity contribution in [3.8, 4) is 0 Å². The third kappa shape index (κ3) is 3.53. The Hall–Kier alpha value is -0.170. The molecule has 0 radical (unpaired) electrons. The van der Waals surface area contributed by atoms with Crippen LogP contribution in [0.25, 0.3) is 0 Å². The van der Waals surface area contributed by atoms with E-state index in [-0.39, 0.29) is 0 Å². The molecule has 0 spiro atoms. The molecule has 1 heterocycles. The Kier molecular flexibility index (Phi) is 4.65. The van der Waals surface area contributed by atoms with Crippen LogP contribution in [0.4, 0.5) is 0 Å². The van der Waals surface area contributed by atoms with Crippen LogP contribution in [0.3, 0.4) is 0 Å². The maximum Gasteiger partial charge on any atom is 0.144 e. The molecule has 104 valence electrons. The Morgan fingerprint density at radius 1 is 1.25 bits per heavy atom. The molecule has 6 heteroatoms. The quantitative estimate of drug-likeness (QED) is 0.487. The number of rotatable bonds is 4. The Morgan fingerprint density at radius 3 is 2.60 bits per heavy atom. The van der Waals surface area contributed by atoms with Crippen molar-refractivity contribution in [3.05, 3.63) is 49.4 Å². The van der Waals surface area contributed by atoms with Crippen LogP contribution >= 0.6 is 55.8 Å². The van der Waals surface area contributed by atoms with E-state index < -0.39 is 0 Å². The van der Waals surface area contributed by atoms with Crippen LogP contribution in [-0.2, 0) is 5.75 Å². The second-order valence-corrected chi connectivity index (χ2v) is 7.88. The number of nitrogens with zero attached hydrogens (tertiary/aromatic N) is 1. The highest BCUT2D eigenvalue weighted by Gasteiger charge is 2.27. The minimum atomic E-state index is 0.630. The summed E-state index contributed by atoms with van der Waals surface area (Å²) in [5, 5.41) is 0. The lowest BCUT2D eigenvalue weighted by Gasteiger charge is -2.07. The molecule has 3 rings (SSSR count). The van der Waals surface area contributed by atoms with Gasteiger partial charge in [0, 0.05) is 21.0 Å². The van der Waals surface area contributed by atoms with Crippen LogP contribution in [0.15, 0.2) is 38.1 Å². The van der Waals surface area contributed by atoms with E-state index in [2.05, 4.69) is 66.1 Å². The van der Waals surface area contributed by atoms with Crippen LogP contribution in [0.5, 0.6) is 0 Å². The Bertz CT molecular complexity index is 679. The number of hydrogen-bond acceptors (Lipinski definition) is 3. The molecule has 1 saturated carbocycles. The second-order valence-electron chi connectivity index (χ2n) is 4.73. The third-order valence-corrected chi connectivity index (χ3v) is 6.03. The first-order valence-electron chi connectivity index (χ1n) is 6.30. The topological polar surface area (TPSA) is 28.7 Å². The number of halogens is 2. The molecule has 0 amide bonds. The van der Waals surface area contributed by atoms with Crippen LogP contribution in [0.2, 0.25) is 0 Å². The Balaban J connectivity index is 1.77. The van der Waals surface area contributed by atoms with Gasteiger partial charge in [0.25, 0.3) is 0 Å². The lowest BCUT2D eigenvalue weighted by atomic mass is 10.3. The van der Waals surface area contributed by atoms with Gasteiger partial charge in [-0.25, -0.2) is 4.98 Å². The lowest BCUT2D eigenvalue weighted by Crippen LogP contribution is -1.99. The van der Waals surface area contributed by atoms with E-state index in [1.807, 2.05) is 0 Å². The minimum absolute atomic E-state index is 0.630. The van der Waals surface area contributed by atoms with Gasteiger partial charge in [-0.05, 0) is 53.0 Å². The fourth-order valence-corrected chi connectivity index (χ4v) is 3.69. The zero-order valence-corrected chi connectivity index (χ0v) is 15.3. The summed E-state index contributed by atoms with van der Waals surface area (Å²) in [6.45, 7) is 0. The van der Waals surface area contributed by atoms with Gasteiger partial charge in [-0.2, -0.15) is 0 Å². The van der Waals surface area contributed by atoms with Crippen molar-refractivity contribution in [2.24, 2.45) is 0 Å². The van der Waals surface area contributed by atoms with Crippen molar-refractivity contribution in [1.82, 2.24) is 9.97 Å². The summed E-state index contributed by atoms with van der Waals surface area (Å²) in [6.07, 6.45) is 2.49. The number of H-pyrrole nitrogens is 1. The van der Waals surface area contributed by atoms with Crippen LogP contribution in [0, 0.1) is 4.64 Å². The summed E-state index contributed by atoms with van der Waals surface area (Å²) in [5.74, 6) is 2.39. The normalized spacial score (nSPS) is 14.5. The minimum Gasteiger partial charge on any atom is -0.345 e. The molecule has 0 atom stereocenters. The molecular formula is C14H12Br2N2S2. The van der Waals surface area contributed by atoms with Crippen LogP contribution in [0.1, 0.15) is 30.3 Å². The molecule has 2 aromatic rings. The van der Waals surface area contributed by atoms with Gasteiger partial charge in [0.2, 0.25) is 0 Å². The summed E-state index contributed by atoms with van der Waals surface area (Å²) in [5.41, 5.74) is 1.22. The SMILES string of the molecule is S=c1nc(CSc2ccc(Br)cc2)[nH]c(C2CC2)c1Br. The number of hydrogen-bond donors (Lipinski definition) is 1. The number of benzene rings is 1. The predicted molar refractivity (Wildman–Crippen MR) is 92.8 cm³/mol.